The predicted octanol–water partition coefficient (Wildman–Crippen LogP) is 2.63. The summed E-state index contributed by atoms with van der Waals surface area (Å²) in [5.41, 5.74) is 0. The fourth-order valence-corrected chi connectivity index (χ4v) is 2.12. The second kappa shape index (κ2) is 6.07. The summed E-state index contributed by atoms with van der Waals surface area (Å²) in [6.07, 6.45) is 1.39. The second-order valence-corrected chi connectivity index (χ2v) is 5.50. The third kappa shape index (κ3) is 3.71. The van der Waals surface area contributed by atoms with Crippen molar-refractivity contribution >= 4 is 21.8 Å². The Kier molecular flexibility index (Phi) is 4.43. The van der Waals surface area contributed by atoms with Crippen molar-refractivity contribution in [2.75, 3.05) is 0 Å². The standard InChI is InChI=1S/C14H15BrN2O2/c1-9(19-13-5-3-2-4-11(13)15)14(18)17-12(8-16)10-6-7-10/h2-5,9-10,12H,6-7H2,1H3,(H,17,18)/t9-,12-/m0/s1. The van der Waals surface area contributed by atoms with E-state index in [0.717, 1.165) is 17.3 Å². The molecule has 0 aromatic heterocycles. The summed E-state index contributed by atoms with van der Waals surface area (Å²) in [6.45, 7) is 1.68. The van der Waals surface area contributed by atoms with Crippen molar-refractivity contribution in [1.82, 2.24) is 5.32 Å². The predicted molar refractivity (Wildman–Crippen MR) is 74.5 cm³/mol. The summed E-state index contributed by atoms with van der Waals surface area (Å²) >= 11 is 3.36. The van der Waals surface area contributed by atoms with Crippen LogP contribution in [0.4, 0.5) is 0 Å². The van der Waals surface area contributed by atoms with Gasteiger partial charge in [-0.05, 0) is 53.7 Å². The van der Waals surface area contributed by atoms with Crippen LogP contribution in [0.1, 0.15) is 19.8 Å². The van der Waals surface area contributed by atoms with Crippen LogP contribution >= 0.6 is 15.9 Å². The third-order valence-electron chi connectivity index (χ3n) is 3.04. The summed E-state index contributed by atoms with van der Waals surface area (Å²) in [4.78, 5) is 12.0. The molecule has 0 heterocycles. The van der Waals surface area contributed by atoms with Gasteiger partial charge in [-0.3, -0.25) is 4.79 Å². The Bertz CT molecular complexity index is 508. The van der Waals surface area contributed by atoms with Gasteiger partial charge in [-0.15, -0.1) is 0 Å². The number of para-hydroxylation sites is 1. The number of halogens is 1. The van der Waals surface area contributed by atoms with Gasteiger partial charge in [0.1, 0.15) is 11.8 Å². The maximum absolute atomic E-state index is 12.0. The molecular weight excluding hydrogens is 308 g/mol. The normalized spacial score (nSPS) is 17.1. The smallest absolute Gasteiger partial charge is 0.261 e. The Morgan fingerprint density at radius 3 is 2.79 bits per heavy atom. The van der Waals surface area contributed by atoms with Gasteiger partial charge in [-0.25, -0.2) is 0 Å². The maximum atomic E-state index is 12.0. The Labute approximate surface area is 120 Å². The molecule has 1 saturated carbocycles. The van der Waals surface area contributed by atoms with Crippen molar-refractivity contribution in [1.29, 1.82) is 5.26 Å². The highest BCUT2D eigenvalue weighted by molar-refractivity contribution is 9.10. The molecule has 19 heavy (non-hydrogen) atoms. The number of carbonyl (C=O) groups excluding carboxylic acids is 1. The van der Waals surface area contributed by atoms with E-state index in [1.165, 1.54) is 0 Å². The highest BCUT2D eigenvalue weighted by Gasteiger charge is 2.33. The number of amides is 1. The molecule has 0 unspecified atom stereocenters. The lowest BCUT2D eigenvalue weighted by molar-refractivity contribution is -0.127. The number of rotatable bonds is 5. The van der Waals surface area contributed by atoms with Crippen molar-refractivity contribution in [3.63, 3.8) is 0 Å². The van der Waals surface area contributed by atoms with E-state index in [1.807, 2.05) is 18.2 Å². The highest BCUT2D eigenvalue weighted by Crippen LogP contribution is 2.32. The van der Waals surface area contributed by atoms with Crippen molar-refractivity contribution < 1.29 is 9.53 Å². The molecule has 0 radical (unpaired) electrons. The van der Waals surface area contributed by atoms with Gasteiger partial charge < -0.3 is 10.1 Å². The van der Waals surface area contributed by atoms with Gasteiger partial charge in [-0.1, -0.05) is 12.1 Å². The largest absolute Gasteiger partial charge is 0.480 e. The Morgan fingerprint density at radius 1 is 1.53 bits per heavy atom. The van der Waals surface area contributed by atoms with E-state index in [2.05, 4.69) is 27.3 Å². The van der Waals surface area contributed by atoms with Crippen LogP contribution in [-0.2, 0) is 4.79 Å². The molecule has 0 aliphatic heterocycles. The Morgan fingerprint density at radius 2 is 2.21 bits per heavy atom. The Balaban J connectivity index is 1.92. The second-order valence-electron chi connectivity index (χ2n) is 4.64. The zero-order chi connectivity index (χ0) is 13.8. The molecule has 4 nitrogen and oxygen atoms in total. The fourth-order valence-electron chi connectivity index (χ4n) is 1.74. The molecular formula is C14H15BrN2O2. The van der Waals surface area contributed by atoms with E-state index < -0.39 is 12.1 Å². The van der Waals surface area contributed by atoms with E-state index in [1.54, 1.807) is 13.0 Å². The summed E-state index contributed by atoms with van der Waals surface area (Å²) in [5, 5.41) is 11.7. The average Bonchev–Trinajstić information content (AvgIpc) is 3.22. The lowest BCUT2D eigenvalue weighted by Gasteiger charge is -2.17. The summed E-state index contributed by atoms with van der Waals surface area (Å²) < 4.78 is 6.38. The van der Waals surface area contributed by atoms with Crippen LogP contribution in [0.3, 0.4) is 0 Å². The summed E-state index contributed by atoms with van der Waals surface area (Å²) in [6, 6.07) is 9.09. The van der Waals surface area contributed by atoms with Gasteiger partial charge in [0.25, 0.3) is 5.91 Å². The first-order chi connectivity index (χ1) is 9.11. The molecule has 1 aromatic rings. The van der Waals surface area contributed by atoms with Crippen molar-refractivity contribution in [2.24, 2.45) is 5.92 Å². The van der Waals surface area contributed by atoms with E-state index in [-0.39, 0.29) is 5.91 Å². The van der Waals surface area contributed by atoms with Crippen molar-refractivity contribution in [3.05, 3.63) is 28.7 Å². The van der Waals surface area contributed by atoms with Crippen LogP contribution < -0.4 is 10.1 Å². The molecule has 1 aliphatic carbocycles. The molecule has 1 N–H and O–H groups in total. The monoisotopic (exact) mass is 322 g/mol. The summed E-state index contributed by atoms with van der Waals surface area (Å²) in [7, 11) is 0. The molecule has 2 atom stereocenters. The zero-order valence-corrected chi connectivity index (χ0v) is 12.2. The van der Waals surface area contributed by atoms with Gasteiger partial charge in [0, 0.05) is 0 Å². The average molecular weight is 323 g/mol. The van der Waals surface area contributed by atoms with Gasteiger partial charge in [0.05, 0.1) is 10.5 Å². The van der Waals surface area contributed by atoms with Gasteiger partial charge in [0.2, 0.25) is 0 Å². The number of carbonyl (C=O) groups is 1. The highest BCUT2D eigenvalue weighted by atomic mass is 79.9. The Hall–Kier alpha value is -1.54. The number of hydrogen-bond donors (Lipinski definition) is 1. The van der Waals surface area contributed by atoms with E-state index >= 15 is 0 Å². The van der Waals surface area contributed by atoms with Crippen molar-refractivity contribution in [3.8, 4) is 11.8 Å². The van der Waals surface area contributed by atoms with E-state index in [4.69, 9.17) is 10.00 Å². The molecule has 0 bridgehead atoms. The lowest BCUT2D eigenvalue weighted by Crippen LogP contribution is -2.42. The first-order valence-electron chi connectivity index (χ1n) is 6.23. The molecule has 5 heteroatoms. The minimum atomic E-state index is -0.631. The fraction of sp³-hybridized carbons (Fsp3) is 0.429. The molecule has 100 valence electrons. The lowest BCUT2D eigenvalue weighted by atomic mass is 10.2. The minimum Gasteiger partial charge on any atom is -0.480 e. The van der Waals surface area contributed by atoms with Crippen molar-refractivity contribution in [2.45, 2.75) is 31.9 Å². The quantitative estimate of drug-likeness (QED) is 0.906. The number of nitrogens with zero attached hydrogens (tertiary/aromatic N) is 1. The minimum absolute atomic E-state index is 0.255. The molecule has 1 fully saturated rings. The van der Waals surface area contributed by atoms with Crippen LogP contribution in [0.2, 0.25) is 0 Å². The number of ether oxygens (including phenoxy) is 1. The molecule has 2 rings (SSSR count). The van der Waals surface area contributed by atoms with Crippen LogP contribution in [0, 0.1) is 17.2 Å². The van der Waals surface area contributed by atoms with E-state index in [9.17, 15) is 4.79 Å². The molecule has 0 spiro atoms. The van der Waals surface area contributed by atoms with E-state index in [0.29, 0.717) is 11.7 Å². The van der Waals surface area contributed by atoms with Gasteiger partial charge in [-0.2, -0.15) is 5.26 Å². The first kappa shape index (κ1) is 13.9. The summed E-state index contributed by atoms with van der Waals surface area (Å²) in [5.74, 6) is 0.670. The SMILES string of the molecule is C[C@H](Oc1ccccc1Br)C(=O)N[C@@H](C#N)C1CC1. The van der Waals surface area contributed by atoms with Crippen LogP contribution in [0.25, 0.3) is 0 Å². The number of benzene rings is 1. The zero-order valence-electron chi connectivity index (χ0n) is 10.6. The number of nitrogens with one attached hydrogen (secondary N) is 1. The molecule has 1 amide bonds. The van der Waals surface area contributed by atoms with Crippen LogP contribution in [-0.4, -0.2) is 18.1 Å². The van der Waals surface area contributed by atoms with Crippen LogP contribution in [0.5, 0.6) is 5.75 Å². The van der Waals surface area contributed by atoms with Gasteiger partial charge >= 0.3 is 0 Å². The number of hydrogen-bond acceptors (Lipinski definition) is 3. The number of nitriles is 1. The van der Waals surface area contributed by atoms with Crippen LogP contribution in [0.15, 0.2) is 28.7 Å². The van der Waals surface area contributed by atoms with Gasteiger partial charge in [0.15, 0.2) is 6.10 Å². The first-order valence-corrected chi connectivity index (χ1v) is 7.02. The molecule has 1 aliphatic rings. The molecule has 1 aromatic carbocycles. The molecule has 0 saturated heterocycles. The topological polar surface area (TPSA) is 62.1 Å². The third-order valence-corrected chi connectivity index (χ3v) is 3.70. The maximum Gasteiger partial charge on any atom is 0.261 e.